The molecule has 0 fully saturated rings. The highest BCUT2D eigenvalue weighted by molar-refractivity contribution is 6.15. The number of benzene rings is 6. The maximum atomic E-state index is 2.44. The molecule has 0 saturated heterocycles. The van der Waals surface area contributed by atoms with Crippen molar-refractivity contribution in [3.05, 3.63) is 150 Å². The molecule has 0 N–H and O–H groups in total. The Balaban J connectivity index is 1.46. The van der Waals surface area contributed by atoms with E-state index in [0.29, 0.717) is 0 Å². The molecule has 0 aliphatic heterocycles. The monoisotopic (exact) mass is 527 g/mol. The fourth-order valence-corrected chi connectivity index (χ4v) is 6.63. The number of rotatable bonds is 5. The number of hydrogen-bond acceptors (Lipinski definition) is 0. The molecule has 198 valence electrons. The Morgan fingerprint density at radius 3 is 1.37 bits per heavy atom. The Morgan fingerprint density at radius 2 is 0.854 bits per heavy atom. The quantitative estimate of drug-likeness (QED) is 0.196. The lowest BCUT2D eigenvalue weighted by Gasteiger charge is -2.18. The Bertz CT molecular complexity index is 1950. The van der Waals surface area contributed by atoms with Crippen LogP contribution in [0.1, 0.15) is 23.6 Å². The number of aryl methyl sites for hydroxylation is 1. The number of para-hydroxylation sites is 1. The maximum Gasteiger partial charge on any atom is 0.0566 e. The molecule has 6 aromatic carbocycles. The molecule has 0 atom stereocenters. The van der Waals surface area contributed by atoms with E-state index >= 15 is 0 Å². The summed E-state index contributed by atoms with van der Waals surface area (Å²) in [7, 11) is 0. The van der Waals surface area contributed by atoms with E-state index in [1.165, 1.54) is 77.6 Å². The molecular weight excluding hydrogens is 494 g/mol. The van der Waals surface area contributed by atoms with Crippen molar-refractivity contribution >= 4 is 21.5 Å². The van der Waals surface area contributed by atoms with Crippen molar-refractivity contribution in [3.8, 4) is 39.3 Å². The van der Waals surface area contributed by atoms with E-state index in [9.17, 15) is 0 Å². The predicted octanol–water partition coefficient (Wildman–Crippen LogP) is 11.0. The van der Waals surface area contributed by atoms with Crippen molar-refractivity contribution in [3.63, 3.8) is 0 Å². The van der Waals surface area contributed by atoms with Crippen molar-refractivity contribution in [2.45, 2.75) is 27.2 Å². The Kier molecular flexibility index (Phi) is 6.29. The van der Waals surface area contributed by atoms with Crippen LogP contribution in [0.5, 0.6) is 0 Å². The van der Waals surface area contributed by atoms with Gasteiger partial charge in [-0.15, -0.1) is 0 Å². The van der Waals surface area contributed by atoms with E-state index in [2.05, 4.69) is 159 Å². The van der Waals surface area contributed by atoms with Crippen LogP contribution < -0.4 is 0 Å². The molecule has 0 aliphatic carbocycles. The SMILES string of the molecule is CCc1c2ccccc2c(-c2ccc(-c3c(C)c(C)c(-c4ccccc4)n3-c3ccccc3)cc2)c2ccccc12. The van der Waals surface area contributed by atoms with Crippen LogP contribution in [0.25, 0.3) is 60.9 Å². The van der Waals surface area contributed by atoms with Crippen LogP contribution in [0, 0.1) is 13.8 Å². The highest BCUT2D eigenvalue weighted by atomic mass is 15.0. The lowest BCUT2D eigenvalue weighted by atomic mass is 9.87. The van der Waals surface area contributed by atoms with Crippen molar-refractivity contribution in [1.82, 2.24) is 4.57 Å². The molecule has 0 bridgehead atoms. The van der Waals surface area contributed by atoms with Crippen LogP contribution in [0.3, 0.4) is 0 Å². The maximum absolute atomic E-state index is 2.44. The molecule has 0 aliphatic rings. The zero-order chi connectivity index (χ0) is 27.9. The van der Waals surface area contributed by atoms with Gasteiger partial charge in [-0.3, -0.25) is 0 Å². The molecule has 7 rings (SSSR count). The van der Waals surface area contributed by atoms with E-state index in [1.807, 2.05) is 0 Å². The van der Waals surface area contributed by atoms with Gasteiger partial charge in [0, 0.05) is 5.69 Å². The van der Waals surface area contributed by atoms with Crippen LogP contribution >= 0.6 is 0 Å². The van der Waals surface area contributed by atoms with Gasteiger partial charge in [0.25, 0.3) is 0 Å². The van der Waals surface area contributed by atoms with Gasteiger partial charge in [0.1, 0.15) is 0 Å². The molecule has 0 unspecified atom stereocenters. The third kappa shape index (κ3) is 4.08. The van der Waals surface area contributed by atoms with Gasteiger partial charge in [-0.25, -0.2) is 0 Å². The second-order valence-corrected chi connectivity index (χ2v) is 10.9. The zero-order valence-electron chi connectivity index (χ0n) is 23.9. The van der Waals surface area contributed by atoms with Crippen LogP contribution in [-0.4, -0.2) is 4.57 Å². The highest BCUT2D eigenvalue weighted by Crippen LogP contribution is 2.42. The van der Waals surface area contributed by atoms with E-state index in [-0.39, 0.29) is 0 Å². The first-order valence-electron chi connectivity index (χ1n) is 14.5. The average molecular weight is 528 g/mol. The van der Waals surface area contributed by atoms with Crippen LogP contribution in [0.2, 0.25) is 0 Å². The number of aromatic nitrogens is 1. The highest BCUT2D eigenvalue weighted by Gasteiger charge is 2.21. The largest absolute Gasteiger partial charge is 0.309 e. The first kappa shape index (κ1) is 25.1. The smallest absolute Gasteiger partial charge is 0.0566 e. The van der Waals surface area contributed by atoms with Gasteiger partial charge in [0.2, 0.25) is 0 Å². The predicted molar refractivity (Wildman–Crippen MR) is 176 cm³/mol. The minimum absolute atomic E-state index is 1.01. The molecule has 1 heteroatoms. The third-order valence-corrected chi connectivity index (χ3v) is 8.63. The summed E-state index contributed by atoms with van der Waals surface area (Å²) in [6.45, 7) is 6.77. The molecule has 41 heavy (non-hydrogen) atoms. The van der Waals surface area contributed by atoms with Gasteiger partial charge in [-0.1, -0.05) is 128 Å². The second-order valence-electron chi connectivity index (χ2n) is 10.9. The molecule has 7 aromatic rings. The van der Waals surface area contributed by atoms with Crippen LogP contribution in [0.15, 0.2) is 133 Å². The molecule has 1 aromatic heterocycles. The van der Waals surface area contributed by atoms with Gasteiger partial charge >= 0.3 is 0 Å². The molecule has 0 amide bonds. The summed E-state index contributed by atoms with van der Waals surface area (Å²) in [5.41, 5.74) is 12.7. The standard InChI is InChI=1S/C40H33N/c1-4-33-34-19-11-13-21-36(34)38(37-22-14-12-20-35(33)37)29-23-25-31(26-24-29)40-28(3)27(2)39(30-15-7-5-8-16-30)41(40)32-17-9-6-10-18-32/h5-26H,4H2,1-3H3. The van der Waals surface area contributed by atoms with E-state index in [1.54, 1.807) is 0 Å². The van der Waals surface area contributed by atoms with E-state index in [0.717, 1.165) is 6.42 Å². The minimum atomic E-state index is 1.01. The van der Waals surface area contributed by atoms with Crippen LogP contribution in [0.4, 0.5) is 0 Å². The average Bonchev–Trinajstić information content (AvgIpc) is 3.30. The Morgan fingerprint density at radius 1 is 0.439 bits per heavy atom. The fraction of sp³-hybridized carbons (Fsp3) is 0.100. The summed E-state index contributed by atoms with van der Waals surface area (Å²) < 4.78 is 2.44. The summed E-state index contributed by atoms with van der Waals surface area (Å²) in [4.78, 5) is 0. The molecular formula is C40H33N. The van der Waals surface area contributed by atoms with Crippen molar-refractivity contribution < 1.29 is 0 Å². The van der Waals surface area contributed by atoms with Gasteiger partial charge in [-0.2, -0.15) is 0 Å². The van der Waals surface area contributed by atoms with Gasteiger partial charge in [0.05, 0.1) is 11.4 Å². The fourth-order valence-electron chi connectivity index (χ4n) is 6.63. The molecule has 0 spiro atoms. The number of nitrogens with zero attached hydrogens (tertiary/aromatic N) is 1. The lowest BCUT2D eigenvalue weighted by molar-refractivity contribution is 1.09. The van der Waals surface area contributed by atoms with E-state index in [4.69, 9.17) is 0 Å². The summed E-state index contributed by atoms with van der Waals surface area (Å²) in [6, 6.07) is 48.5. The van der Waals surface area contributed by atoms with Gasteiger partial charge in [-0.05, 0) is 92.9 Å². The summed E-state index contributed by atoms with van der Waals surface area (Å²) >= 11 is 0. The topological polar surface area (TPSA) is 4.93 Å². The normalized spacial score (nSPS) is 11.4. The van der Waals surface area contributed by atoms with E-state index < -0.39 is 0 Å². The van der Waals surface area contributed by atoms with Crippen molar-refractivity contribution in [2.24, 2.45) is 0 Å². The Hall–Kier alpha value is -4.88. The minimum Gasteiger partial charge on any atom is -0.309 e. The molecule has 1 heterocycles. The van der Waals surface area contributed by atoms with Gasteiger partial charge < -0.3 is 4.57 Å². The first-order chi connectivity index (χ1) is 20.2. The van der Waals surface area contributed by atoms with Crippen molar-refractivity contribution in [1.29, 1.82) is 0 Å². The summed E-state index contributed by atoms with van der Waals surface area (Å²) in [5.74, 6) is 0. The number of fused-ring (bicyclic) bond motifs is 2. The third-order valence-electron chi connectivity index (χ3n) is 8.63. The summed E-state index contributed by atoms with van der Waals surface area (Å²) in [6.07, 6.45) is 1.01. The molecule has 0 saturated carbocycles. The Labute approximate surface area is 242 Å². The second kappa shape index (κ2) is 10.3. The zero-order valence-corrected chi connectivity index (χ0v) is 23.9. The first-order valence-corrected chi connectivity index (χ1v) is 14.5. The van der Waals surface area contributed by atoms with Crippen LogP contribution in [-0.2, 0) is 6.42 Å². The number of hydrogen-bond donors (Lipinski definition) is 0. The lowest BCUT2D eigenvalue weighted by Crippen LogP contribution is -2.00. The molecule has 0 radical (unpaired) electrons. The molecule has 1 nitrogen and oxygen atoms in total. The van der Waals surface area contributed by atoms with Crippen molar-refractivity contribution in [2.75, 3.05) is 0 Å². The van der Waals surface area contributed by atoms with Gasteiger partial charge in [0.15, 0.2) is 0 Å². The summed E-state index contributed by atoms with van der Waals surface area (Å²) in [5, 5.41) is 5.35.